The minimum atomic E-state index is -3.28. The van der Waals surface area contributed by atoms with Gasteiger partial charge in [-0.05, 0) is 12.5 Å². The van der Waals surface area contributed by atoms with Crippen molar-refractivity contribution in [1.82, 2.24) is 0 Å². The van der Waals surface area contributed by atoms with Crippen molar-refractivity contribution >= 4 is 9.05 Å². The maximum Gasteiger partial charge on any atom is 0.680 e. The second kappa shape index (κ2) is 6.09. The highest BCUT2D eigenvalue weighted by Crippen LogP contribution is 2.29. The van der Waals surface area contributed by atoms with Crippen LogP contribution in [-0.4, -0.2) is 30.4 Å². The lowest BCUT2D eigenvalue weighted by Gasteiger charge is -2.31. The van der Waals surface area contributed by atoms with Crippen molar-refractivity contribution < 1.29 is 17.7 Å². The Kier molecular flexibility index (Phi) is 5.01. The van der Waals surface area contributed by atoms with Crippen LogP contribution in [0.25, 0.3) is 0 Å². The molecule has 1 aromatic carbocycles. The topological polar surface area (TPSA) is 60.7 Å². The molecule has 0 aliphatic rings. The van der Waals surface area contributed by atoms with E-state index in [-0.39, 0.29) is 0 Å². The van der Waals surface area contributed by atoms with Gasteiger partial charge < -0.3 is 17.7 Å². The summed E-state index contributed by atoms with van der Waals surface area (Å²) in [7, 11) is 1.02. The molecule has 0 radical (unpaired) electrons. The third-order valence-electron chi connectivity index (χ3n) is 2.62. The fraction of sp³-hybridized carbons (Fsp3) is 0.417. The molecular weight excluding hydrogens is 250 g/mol. The van der Waals surface area contributed by atoms with Gasteiger partial charge in [-0.15, -0.1) is 0 Å². The highest BCUT2D eigenvalue weighted by molar-refractivity contribution is 6.53. The first-order valence-corrected chi connectivity index (χ1v) is 7.01. The summed E-state index contributed by atoms with van der Waals surface area (Å²) in [5.74, 6) is 0. The Labute approximate surface area is 108 Å². The van der Waals surface area contributed by atoms with E-state index in [2.05, 4.69) is 6.07 Å². The van der Waals surface area contributed by atoms with E-state index in [9.17, 15) is 5.26 Å². The molecule has 0 N–H and O–H groups in total. The smallest absolute Gasteiger partial charge is 0.355 e. The maximum absolute atomic E-state index is 9.37. The molecule has 6 heteroatoms. The summed E-state index contributed by atoms with van der Waals surface area (Å²) >= 11 is 0. The van der Waals surface area contributed by atoms with Crippen molar-refractivity contribution in [3.8, 4) is 6.07 Å². The molecule has 0 unspecified atom stereocenters. The van der Waals surface area contributed by atoms with Crippen LogP contribution < -0.4 is 0 Å². The van der Waals surface area contributed by atoms with Crippen molar-refractivity contribution in [3.63, 3.8) is 0 Å². The van der Waals surface area contributed by atoms with Gasteiger partial charge in [0.15, 0.2) is 5.60 Å². The lowest BCUT2D eigenvalue weighted by atomic mass is 9.98. The monoisotopic (exact) mass is 267 g/mol. The van der Waals surface area contributed by atoms with Crippen LogP contribution >= 0.6 is 0 Å². The van der Waals surface area contributed by atoms with Gasteiger partial charge in [-0.25, -0.2) is 0 Å². The largest absolute Gasteiger partial charge is 0.680 e. The molecule has 0 saturated heterocycles. The zero-order chi connectivity index (χ0) is 13.6. The van der Waals surface area contributed by atoms with Gasteiger partial charge in [0.05, 0.1) is 0 Å². The summed E-state index contributed by atoms with van der Waals surface area (Å²) in [5, 5.41) is 9.37. The Morgan fingerprint density at radius 3 is 1.94 bits per heavy atom. The molecule has 0 spiro atoms. The molecule has 0 saturated carbocycles. The zero-order valence-electron chi connectivity index (χ0n) is 11.0. The molecule has 5 nitrogen and oxygen atoms in total. The van der Waals surface area contributed by atoms with Crippen LogP contribution in [0.15, 0.2) is 30.3 Å². The first-order chi connectivity index (χ1) is 8.55. The van der Waals surface area contributed by atoms with E-state index in [1.165, 1.54) is 21.3 Å². The lowest BCUT2D eigenvalue weighted by Crippen LogP contribution is -2.51. The molecule has 98 valence electrons. The average molecular weight is 267 g/mol. The molecule has 1 rings (SSSR count). The van der Waals surface area contributed by atoms with E-state index in [0.717, 1.165) is 5.56 Å². The molecular formula is C12H17NO4Si. The quantitative estimate of drug-likeness (QED) is 0.736. The van der Waals surface area contributed by atoms with Gasteiger partial charge in [0, 0.05) is 21.3 Å². The summed E-state index contributed by atoms with van der Waals surface area (Å²) in [5.41, 5.74) is -0.467. The Morgan fingerprint density at radius 2 is 1.56 bits per heavy atom. The number of benzene rings is 1. The normalized spacial score (nSPS) is 14.8. The molecule has 0 heterocycles. The average Bonchev–Trinajstić information content (AvgIpc) is 2.46. The van der Waals surface area contributed by atoms with E-state index in [0.29, 0.717) is 0 Å². The summed E-state index contributed by atoms with van der Waals surface area (Å²) in [6.07, 6.45) is 0. The first-order valence-electron chi connectivity index (χ1n) is 5.38. The van der Waals surface area contributed by atoms with Gasteiger partial charge in [0.1, 0.15) is 6.07 Å². The number of nitrogens with zero attached hydrogens (tertiary/aromatic N) is 1. The van der Waals surface area contributed by atoms with Crippen molar-refractivity contribution in [2.24, 2.45) is 0 Å². The minimum absolute atomic E-state index is 0.718. The fourth-order valence-electron chi connectivity index (χ4n) is 1.53. The van der Waals surface area contributed by atoms with Crippen molar-refractivity contribution in [3.05, 3.63) is 35.9 Å². The van der Waals surface area contributed by atoms with E-state index in [1.807, 2.05) is 30.3 Å². The molecule has 1 atom stereocenters. The van der Waals surface area contributed by atoms with Gasteiger partial charge in [-0.2, -0.15) is 5.26 Å². The van der Waals surface area contributed by atoms with Crippen molar-refractivity contribution in [2.45, 2.75) is 12.5 Å². The summed E-state index contributed by atoms with van der Waals surface area (Å²) in [6, 6.07) is 11.3. The molecule has 0 amide bonds. The van der Waals surface area contributed by atoms with E-state index in [4.69, 9.17) is 17.7 Å². The molecule has 0 aromatic heterocycles. The van der Waals surface area contributed by atoms with E-state index >= 15 is 0 Å². The summed E-state index contributed by atoms with van der Waals surface area (Å²) in [4.78, 5) is 0. The number of rotatable bonds is 6. The number of nitriles is 1. The van der Waals surface area contributed by atoms with E-state index in [1.54, 1.807) is 6.92 Å². The van der Waals surface area contributed by atoms with Crippen LogP contribution in [0.5, 0.6) is 0 Å². The Balaban J connectivity index is 3.08. The maximum atomic E-state index is 9.37. The van der Waals surface area contributed by atoms with Crippen LogP contribution in [0.4, 0.5) is 0 Å². The predicted molar refractivity (Wildman–Crippen MR) is 67.3 cm³/mol. The third-order valence-corrected chi connectivity index (χ3v) is 4.78. The van der Waals surface area contributed by atoms with Crippen molar-refractivity contribution in [2.75, 3.05) is 21.3 Å². The molecule has 0 aliphatic heterocycles. The second-order valence-electron chi connectivity index (χ2n) is 3.73. The number of hydrogen-bond donors (Lipinski definition) is 0. The van der Waals surface area contributed by atoms with Crippen LogP contribution in [0, 0.1) is 11.3 Å². The Bertz CT molecular complexity index is 408. The van der Waals surface area contributed by atoms with Gasteiger partial charge in [0.2, 0.25) is 0 Å². The number of hydrogen-bond acceptors (Lipinski definition) is 5. The van der Waals surface area contributed by atoms with Gasteiger partial charge in [-0.1, -0.05) is 30.3 Å². The summed E-state index contributed by atoms with van der Waals surface area (Å²) < 4.78 is 21.2. The molecule has 0 fully saturated rings. The summed E-state index contributed by atoms with van der Waals surface area (Å²) in [6.45, 7) is 1.65. The minimum Gasteiger partial charge on any atom is -0.355 e. The Morgan fingerprint density at radius 1 is 1.06 bits per heavy atom. The second-order valence-corrected chi connectivity index (χ2v) is 6.15. The van der Waals surface area contributed by atoms with Gasteiger partial charge in [0.25, 0.3) is 0 Å². The fourth-order valence-corrected chi connectivity index (χ4v) is 2.94. The predicted octanol–water partition coefficient (Wildman–Crippen LogP) is 1.82. The van der Waals surface area contributed by atoms with Crippen LogP contribution in [0.3, 0.4) is 0 Å². The van der Waals surface area contributed by atoms with Crippen LogP contribution in [0.1, 0.15) is 12.5 Å². The zero-order valence-corrected chi connectivity index (χ0v) is 12.0. The standard InChI is InChI=1S/C12H17NO4Si/c1-12(10-13,11-8-6-5-7-9-11)17-18(14-2,15-3)16-4/h5-9H,1-4H3/t12-/m1/s1. The lowest BCUT2D eigenvalue weighted by molar-refractivity contribution is -0.0436. The van der Waals surface area contributed by atoms with Gasteiger partial charge >= 0.3 is 9.05 Å². The highest BCUT2D eigenvalue weighted by Gasteiger charge is 2.49. The van der Waals surface area contributed by atoms with Crippen LogP contribution in [-0.2, 0) is 23.3 Å². The van der Waals surface area contributed by atoms with E-state index < -0.39 is 14.6 Å². The third kappa shape index (κ3) is 2.96. The molecule has 0 bridgehead atoms. The molecule has 18 heavy (non-hydrogen) atoms. The molecule has 0 aliphatic carbocycles. The molecule has 1 aromatic rings. The SMILES string of the molecule is CO[Si](OC)(OC)O[C@](C)(C#N)c1ccccc1. The highest BCUT2D eigenvalue weighted by atomic mass is 28.4. The van der Waals surface area contributed by atoms with Crippen LogP contribution in [0.2, 0.25) is 0 Å². The van der Waals surface area contributed by atoms with Crippen molar-refractivity contribution in [1.29, 1.82) is 5.26 Å². The van der Waals surface area contributed by atoms with Gasteiger partial charge in [-0.3, -0.25) is 0 Å². The first kappa shape index (κ1) is 14.8. The Hall–Kier alpha value is -1.23.